The van der Waals surface area contributed by atoms with Crippen LogP contribution < -0.4 is 10.1 Å². The minimum Gasteiger partial charge on any atom is -0.457 e. The van der Waals surface area contributed by atoms with E-state index < -0.39 is 12.1 Å². The van der Waals surface area contributed by atoms with Crippen LogP contribution in [0, 0.1) is 11.3 Å². The molecule has 40 heavy (non-hydrogen) atoms. The average molecular weight is 540 g/mol. The van der Waals surface area contributed by atoms with Crippen LogP contribution in [0.1, 0.15) is 30.0 Å². The van der Waals surface area contributed by atoms with E-state index in [4.69, 9.17) is 9.47 Å². The summed E-state index contributed by atoms with van der Waals surface area (Å²) in [6, 6.07) is 26.7. The number of hydrazine groups is 1. The fourth-order valence-electron chi connectivity index (χ4n) is 5.05. The normalized spacial score (nSPS) is 18.4. The molecule has 3 amide bonds. The van der Waals surface area contributed by atoms with Crippen LogP contribution in [-0.2, 0) is 16.1 Å². The summed E-state index contributed by atoms with van der Waals surface area (Å²) >= 11 is 0. The van der Waals surface area contributed by atoms with Crippen LogP contribution in [0.5, 0.6) is 11.5 Å². The van der Waals surface area contributed by atoms with Crippen molar-refractivity contribution in [2.24, 2.45) is 0 Å². The van der Waals surface area contributed by atoms with Gasteiger partial charge in [-0.25, -0.2) is 14.8 Å². The van der Waals surface area contributed by atoms with E-state index in [0.717, 1.165) is 12.0 Å². The number of benzene rings is 3. The zero-order valence-corrected chi connectivity index (χ0v) is 22.3. The second-order valence-corrected chi connectivity index (χ2v) is 9.82. The van der Waals surface area contributed by atoms with Gasteiger partial charge in [-0.3, -0.25) is 4.79 Å². The van der Waals surface area contributed by atoms with Crippen molar-refractivity contribution in [2.75, 3.05) is 32.8 Å². The number of urea groups is 1. The molecule has 2 aliphatic heterocycles. The smallest absolute Gasteiger partial charge is 0.335 e. The van der Waals surface area contributed by atoms with Crippen molar-refractivity contribution in [3.8, 4) is 17.6 Å². The number of amides is 3. The van der Waals surface area contributed by atoms with Gasteiger partial charge in [-0.1, -0.05) is 60.7 Å². The third kappa shape index (κ3) is 6.60. The summed E-state index contributed by atoms with van der Waals surface area (Å²) in [5.74, 6) is 0.879. The van der Waals surface area contributed by atoms with Gasteiger partial charge in [-0.15, -0.1) is 0 Å². The Bertz CT molecular complexity index is 1320. The van der Waals surface area contributed by atoms with Gasteiger partial charge in [0, 0.05) is 26.2 Å². The topological polar surface area (TPSA) is 98.1 Å². The summed E-state index contributed by atoms with van der Waals surface area (Å²) in [5, 5.41) is 16.5. The predicted molar refractivity (Wildman–Crippen MR) is 149 cm³/mol. The van der Waals surface area contributed by atoms with Crippen LogP contribution in [0.2, 0.25) is 0 Å². The molecule has 2 aliphatic rings. The van der Waals surface area contributed by atoms with E-state index in [0.29, 0.717) is 62.9 Å². The SMILES string of the molecule is N#CC(NC(=O)C1CCCN(Cc2ccccc2)N1C(=O)N1CCOCC1)c1cccc(Oc2ccccc2)c1. The Balaban J connectivity index is 1.35. The maximum atomic E-state index is 13.8. The fourth-order valence-corrected chi connectivity index (χ4v) is 5.05. The summed E-state index contributed by atoms with van der Waals surface area (Å²) in [7, 11) is 0. The number of ether oxygens (including phenoxy) is 2. The molecule has 9 nitrogen and oxygen atoms in total. The van der Waals surface area contributed by atoms with E-state index in [9.17, 15) is 14.9 Å². The highest BCUT2D eigenvalue weighted by molar-refractivity contribution is 5.87. The summed E-state index contributed by atoms with van der Waals surface area (Å²) < 4.78 is 11.4. The van der Waals surface area contributed by atoms with E-state index in [1.807, 2.05) is 65.7 Å². The molecule has 5 rings (SSSR count). The Morgan fingerprint density at radius 2 is 1.65 bits per heavy atom. The first-order chi connectivity index (χ1) is 19.6. The molecular formula is C31H33N5O4. The first kappa shape index (κ1) is 27.2. The van der Waals surface area contributed by atoms with E-state index in [1.165, 1.54) is 0 Å². The molecule has 0 radical (unpaired) electrons. The fraction of sp³-hybridized carbons (Fsp3) is 0.323. The van der Waals surface area contributed by atoms with Gasteiger partial charge in [0.25, 0.3) is 0 Å². The van der Waals surface area contributed by atoms with Crippen LogP contribution in [0.25, 0.3) is 0 Å². The lowest BCUT2D eigenvalue weighted by Gasteiger charge is -2.46. The molecule has 2 heterocycles. The summed E-state index contributed by atoms with van der Waals surface area (Å²) in [6.07, 6.45) is 1.25. The molecule has 0 aliphatic carbocycles. The number of morpholine rings is 1. The quantitative estimate of drug-likeness (QED) is 0.475. The lowest BCUT2D eigenvalue weighted by atomic mass is 10.0. The van der Waals surface area contributed by atoms with Gasteiger partial charge in [0.15, 0.2) is 0 Å². The third-order valence-electron chi connectivity index (χ3n) is 7.07. The molecule has 0 aromatic heterocycles. The Hall–Kier alpha value is -4.39. The Morgan fingerprint density at radius 3 is 2.38 bits per heavy atom. The molecule has 9 heteroatoms. The van der Waals surface area contributed by atoms with Gasteiger partial charge in [0.2, 0.25) is 5.91 Å². The highest BCUT2D eigenvalue weighted by atomic mass is 16.5. The average Bonchev–Trinajstić information content (AvgIpc) is 3.01. The number of carbonyl (C=O) groups is 2. The maximum Gasteiger partial charge on any atom is 0.335 e. The third-order valence-corrected chi connectivity index (χ3v) is 7.07. The number of hydrogen-bond donors (Lipinski definition) is 1. The Labute approximate surface area is 234 Å². The zero-order valence-electron chi connectivity index (χ0n) is 22.3. The maximum absolute atomic E-state index is 13.8. The van der Waals surface area contributed by atoms with Crippen molar-refractivity contribution in [3.63, 3.8) is 0 Å². The molecule has 3 aromatic carbocycles. The number of hydrogen-bond acceptors (Lipinski definition) is 6. The van der Waals surface area contributed by atoms with Crippen LogP contribution in [0.4, 0.5) is 4.79 Å². The first-order valence-electron chi connectivity index (χ1n) is 13.6. The molecule has 2 fully saturated rings. The largest absolute Gasteiger partial charge is 0.457 e. The van der Waals surface area contributed by atoms with Gasteiger partial charge >= 0.3 is 6.03 Å². The lowest BCUT2D eigenvalue weighted by molar-refractivity contribution is -0.139. The second-order valence-electron chi connectivity index (χ2n) is 9.82. The molecule has 2 saturated heterocycles. The van der Waals surface area contributed by atoms with E-state index in [2.05, 4.69) is 11.4 Å². The molecule has 3 aromatic rings. The van der Waals surface area contributed by atoms with Gasteiger partial charge in [-0.05, 0) is 48.2 Å². The molecule has 2 atom stereocenters. The van der Waals surface area contributed by atoms with Gasteiger partial charge in [0.1, 0.15) is 23.6 Å². The standard InChI is InChI=1S/C31H33N5O4/c32-22-28(25-11-7-14-27(21-25)40-26-12-5-2-6-13-26)33-30(37)29-15-8-16-35(23-24-9-3-1-4-10-24)36(29)31(38)34-17-19-39-20-18-34/h1-7,9-14,21,28-29H,8,15-20,23H2,(H,33,37). The number of para-hydroxylation sites is 1. The molecule has 1 N–H and O–H groups in total. The van der Waals surface area contributed by atoms with Crippen molar-refractivity contribution < 1.29 is 19.1 Å². The lowest BCUT2D eigenvalue weighted by Crippen LogP contribution is -2.63. The van der Waals surface area contributed by atoms with Crippen LogP contribution >= 0.6 is 0 Å². The molecule has 0 bridgehead atoms. The van der Waals surface area contributed by atoms with Crippen molar-refractivity contribution in [1.82, 2.24) is 20.2 Å². The molecule has 2 unspecified atom stereocenters. The van der Waals surface area contributed by atoms with Gasteiger partial charge in [-0.2, -0.15) is 5.26 Å². The van der Waals surface area contributed by atoms with Crippen LogP contribution in [-0.4, -0.2) is 65.7 Å². The predicted octanol–water partition coefficient (Wildman–Crippen LogP) is 4.49. The molecule has 0 saturated carbocycles. The van der Waals surface area contributed by atoms with Gasteiger partial charge in [0.05, 0.1) is 19.3 Å². The number of carbonyl (C=O) groups excluding carboxylic acids is 2. The molecular weight excluding hydrogens is 506 g/mol. The first-order valence-corrected chi connectivity index (χ1v) is 13.6. The Kier molecular flexibility index (Phi) is 8.91. The monoisotopic (exact) mass is 539 g/mol. The van der Waals surface area contributed by atoms with Crippen molar-refractivity contribution in [1.29, 1.82) is 5.26 Å². The molecule has 206 valence electrons. The summed E-state index contributed by atoms with van der Waals surface area (Å²) in [5.41, 5.74) is 1.65. The minimum atomic E-state index is -0.906. The van der Waals surface area contributed by atoms with E-state index in [1.54, 1.807) is 34.2 Å². The van der Waals surface area contributed by atoms with Crippen molar-refractivity contribution in [2.45, 2.75) is 31.5 Å². The van der Waals surface area contributed by atoms with Crippen molar-refractivity contribution >= 4 is 11.9 Å². The minimum absolute atomic E-state index is 0.217. The Morgan fingerprint density at radius 1 is 0.950 bits per heavy atom. The number of nitriles is 1. The van der Waals surface area contributed by atoms with Crippen LogP contribution in [0.3, 0.4) is 0 Å². The zero-order chi connectivity index (χ0) is 27.7. The number of nitrogens with one attached hydrogen (secondary N) is 1. The number of rotatable bonds is 7. The van der Waals surface area contributed by atoms with Crippen molar-refractivity contribution in [3.05, 3.63) is 96.1 Å². The summed E-state index contributed by atoms with van der Waals surface area (Å²) in [6.45, 7) is 3.02. The van der Waals surface area contributed by atoms with Crippen LogP contribution in [0.15, 0.2) is 84.9 Å². The highest BCUT2D eigenvalue weighted by Gasteiger charge is 2.40. The second kappa shape index (κ2) is 13.1. The summed E-state index contributed by atoms with van der Waals surface area (Å²) in [4.78, 5) is 29.3. The van der Waals surface area contributed by atoms with E-state index in [-0.39, 0.29) is 11.9 Å². The molecule has 0 spiro atoms. The van der Waals surface area contributed by atoms with E-state index >= 15 is 0 Å². The van der Waals surface area contributed by atoms with Gasteiger partial charge < -0.3 is 19.7 Å². The highest BCUT2D eigenvalue weighted by Crippen LogP contribution is 2.27. The number of nitrogens with zero attached hydrogens (tertiary/aromatic N) is 4.